The van der Waals surface area contributed by atoms with Crippen LogP contribution >= 0.6 is 11.6 Å². The van der Waals surface area contributed by atoms with Crippen molar-refractivity contribution in [3.8, 4) is 6.01 Å². The summed E-state index contributed by atoms with van der Waals surface area (Å²) in [7, 11) is 0. The molecule has 0 aromatic carbocycles. The van der Waals surface area contributed by atoms with Crippen LogP contribution in [0.3, 0.4) is 0 Å². The average molecular weight is 299 g/mol. The molecule has 112 valence electrons. The van der Waals surface area contributed by atoms with Crippen LogP contribution in [0.15, 0.2) is 0 Å². The largest absolute Gasteiger partial charge is 0.461 e. The van der Waals surface area contributed by atoms with Crippen LogP contribution in [-0.4, -0.2) is 27.1 Å². The minimum absolute atomic E-state index is 0.0151. The van der Waals surface area contributed by atoms with Crippen molar-refractivity contribution in [2.75, 3.05) is 5.32 Å². The quantitative estimate of drug-likeness (QED) is 0.898. The SMILES string of the molecule is CCC1CCC(Nc2nc(Cl)nc(OC(C)C)n2)CC1. The van der Waals surface area contributed by atoms with E-state index in [1.54, 1.807) is 0 Å². The summed E-state index contributed by atoms with van der Waals surface area (Å²) in [6.45, 7) is 6.12. The summed E-state index contributed by atoms with van der Waals surface area (Å²) in [5.41, 5.74) is 0. The van der Waals surface area contributed by atoms with Crippen LogP contribution in [0.1, 0.15) is 52.9 Å². The van der Waals surface area contributed by atoms with E-state index in [9.17, 15) is 0 Å². The fraction of sp³-hybridized carbons (Fsp3) is 0.786. The third-order valence-corrected chi connectivity index (χ3v) is 3.86. The molecule has 0 saturated heterocycles. The lowest BCUT2D eigenvalue weighted by atomic mass is 9.85. The summed E-state index contributed by atoms with van der Waals surface area (Å²) >= 11 is 5.91. The van der Waals surface area contributed by atoms with Crippen LogP contribution < -0.4 is 10.1 Å². The number of ether oxygens (including phenoxy) is 1. The summed E-state index contributed by atoms with van der Waals surface area (Å²) < 4.78 is 5.47. The Morgan fingerprint density at radius 2 is 1.90 bits per heavy atom. The maximum absolute atomic E-state index is 5.91. The summed E-state index contributed by atoms with van der Waals surface area (Å²) in [5.74, 6) is 1.38. The maximum atomic E-state index is 5.91. The Morgan fingerprint density at radius 3 is 2.50 bits per heavy atom. The van der Waals surface area contributed by atoms with E-state index in [0.717, 1.165) is 18.8 Å². The van der Waals surface area contributed by atoms with Gasteiger partial charge in [-0.05, 0) is 57.0 Å². The van der Waals surface area contributed by atoms with Crippen LogP contribution in [0.2, 0.25) is 5.28 Å². The highest BCUT2D eigenvalue weighted by Crippen LogP contribution is 2.28. The van der Waals surface area contributed by atoms with Crippen LogP contribution in [0.4, 0.5) is 5.95 Å². The number of rotatable bonds is 5. The first-order chi connectivity index (χ1) is 9.56. The Hall–Kier alpha value is -1.10. The van der Waals surface area contributed by atoms with Gasteiger partial charge in [0.2, 0.25) is 11.2 Å². The normalized spacial score (nSPS) is 22.9. The minimum Gasteiger partial charge on any atom is -0.461 e. The van der Waals surface area contributed by atoms with Gasteiger partial charge in [-0.15, -0.1) is 0 Å². The van der Waals surface area contributed by atoms with Crippen molar-refractivity contribution in [2.24, 2.45) is 5.92 Å². The standard InChI is InChI=1S/C14H23ClN4O/c1-4-10-5-7-11(8-6-10)16-13-17-12(15)18-14(19-13)20-9(2)3/h9-11H,4-8H2,1-3H3,(H,16,17,18,19). The number of aromatic nitrogens is 3. The van der Waals surface area contributed by atoms with Gasteiger partial charge in [0.1, 0.15) is 0 Å². The van der Waals surface area contributed by atoms with E-state index in [1.165, 1.54) is 19.3 Å². The maximum Gasteiger partial charge on any atom is 0.322 e. The molecule has 0 unspecified atom stereocenters. The van der Waals surface area contributed by atoms with Crippen molar-refractivity contribution < 1.29 is 4.74 Å². The number of hydrogen-bond donors (Lipinski definition) is 1. The first kappa shape index (κ1) is 15.3. The summed E-state index contributed by atoms with van der Waals surface area (Å²) in [4.78, 5) is 12.4. The third kappa shape index (κ3) is 4.47. The van der Waals surface area contributed by atoms with E-state index in [2.05, 4.69) is 27.2 Å². The first-order valence-electron chi connectivity index (χ1n) is 7.41. The molecule has 1 aliphatic carbocycles. The zero-order valence-electron chi connectivity index (χ0n) is 12.4. The molecule has 1 saturated carbocycles. The van der Waals surface area contributed by atoms with Gasteiger partial charge in [-0.1, -0.05) is 13.3 Å². The average Bonchev–Trinajstić information content (AvgIpc) is 2.38. The smallest absolute Gasteiger partial charge is 0.322 e. The Labute approximate surface area is 125 Å². The molecule has 0 spiro atoms. The predicted molar refractivity (Wildman–Crippen MR) is 80.3 cm³/mol. The van der Waals surface area contributed by atoms with Crippen LogP contribution in [0.5, 0.6) is 6.01 Å². The van der Waals surface area contributed by atoms with Gasteiger partial charge in [-0.3, -0.25) is 0 Å². The molecule has 0 bridgehead atoms. The second-order valence-electron chi connectivity index (χ2n) is 5.65. The predicted octanol–water partition coefficient (Wildman–Crippen LogP) is 3.69. The Bertz CT molecular complexity index is 433. The van der Waals surface area contributed by atoms with Crippen LogP contribution in [0, 0.1) is 5.92 Å². The molecule has 1 aliphatic rings. The molecule has 0 radical (unpaired) electrons. The third-order valence-electron chi connectivity index (χ3n) is 3.69. The molecule has 0 atom stereocenters. The fourth-order valence-electron chi connectivity index (χ4n) is 2.56. The Morgan fingerprint density at radius 1 is 1.20 bits per heavy atom. The van der Waals surface area contributed by atoms with E-state index in [4.69, 9.17) is 16.3 Å². The molecule has 6 heteroatoms. The molecular weight excluding hydrogens is 276 g/mol. The Kier molecular flexibility index (Phi) is 5.40. The molecule has 1 fully saturated rings. The number of nitrogens with one attached hydrogen (secondary N) is 1. The second kappa shape index (κ2) is 7.07. The summed E-state index contributed by atoms with van der Waals surface area (Å²) in [6, 6.07) is 0.702. The van der Waals surface area contributed by atoms with E-state index in [1.807, 2.05) is 13.8 Å². The lowest BCUT2D eigenvalue weighted by Crippen LogP contribution is -2.27. The van der Waals surface area contributed by atoms with E-state index in [0.29, 0.717) is 12.0 Å². The molecule has 1 N–H and O–H groups in total. The highest BCUT2D eigenvalue weighted by Gasteiger charge is 2.21. The lowest BCUT2D eigenvalue weighted by Gasteiger charge is -2.28. The molecule has 2 rings (SSSR count). The van der Waals surface area contributed by atoms with Crippen molar-refractivity contribution >= 4 is 17.5 Å². The van der Waals surface area contributed by atoms with Gasteiger partial charge in [0.15, 0.2) is 0 Å². The highest BCUT2D eigenvalue weighted by atomic mass is 35.5. The van der Waals surface area contributed by atoms with Gasteiger partial charge in [0.25, 0.3) is 0 Å². The molecule has 20 heavy (non-hydrogen) atoms. The summed E-state index contributed by atoms with van der Waals surface area (Å²) in [6.07, 6.45) is 6.13. The van der Waals surface area contributed by atoms with E-state index in [-0.39, 0.29) is 17.4 Å². The molecular formula is C14H23ClN4O. The van der Waals surface area contributed by atoms with Gasteiger partial charge in [0.05, 0.1) is 6.10 Å². The fourth-order valence-corrected chi connectivity index (χ4v) is 2.71. The Balaban J connectivity index is 1.97. The van der Waals surface area contributed by atoms with Gasteiger partial charge >= 0.3 is 6.01 Å². The lowest BCUT2D eigenvalue weighted by molar-refractivity contribution is 0.221. The van der Waals surface area contributed by atoms with Crippen molar-refractivity contribution in [3.63, 3.8) is 0 Å². The van der Waals surface area contributed by atoms with E-state index < -0.39 is 0 Å². The van der Waals surface area contributed by atoms with Crippen LogP contribution in [-0.2, 0) is 0 Å². The topological polar surface area (TPSA) is 59.9 Å². The van der Waals surface area contributed by atoms with Gasteiger partial charge < -0.3 is 10.1 Å². The zero-order valence-corrected chi connectivity index (χ0v) is 13.2. The van der Waals surface area contributed by atoms with Crippen molar-refractivity contribution in [3.05, 3.63) is 5.28 Å². The second-order valence-corrected chi connectivity index (χ2v) is 5.99. The monoisotopic (exact) mass is 298 g/mol. The number of halogens is 1. The molecule has 0 aliphatic heterocycles. The van der Waals surface area contributed by atoms with Gasteiger partial charge in [-0.25, -0.2) is 0 Å². The summed E-state index contributed by atoms with van der Waals surface area (Å²) in [5, 5.41) is 3.52. The molecule has 0 amide bonds. The molecule has 1 aromatic heterocycles. The van der Waals surface area contributed by atoms with Gasteiger partial charge in [-0.2, -0.15) is 15.0 Å². The van der Waals surface area contributed by atoms with Crippen molar-refractivity contribution in [1.82, 2.24) is 15.0 Å². The van der Waals surface area contributed by atoms with Crippen LogP contribution in [0.25, 0.3) is 0 Å². The minimum atomic E-state index is 0.0151. The molecule has 5 nitrogen and oxygen atoms in total. The van der Waals surface area contributed by atoms with Crippen molar-refractivity contribution in [1.29, 1.82) is 0 Å². The number of anilines is 1. The molecule has 1 heterocycles. The van der Waals surface area contributed by atoms with Crippen molar-refractivity contribution in [2.45, 2.75) is 65.0 Å². The zero-order chi connectivity index (χ0) is 14.5. The van der Waals surface area contributed by atoms with Gasteiger partial charge in [0, 0.05) is 6.04 Å². The first-order valence-corrected chi connectivity index (χ1v) is 7.79. The molecule has 1 aromatic rings. The number of nitrogens with zero attached hydrogens (tertiary/aromatic N) is 3. The number of hydrogen-bond acceptors (Lipinski definition) is 5. The highest BCUT2D eigenvalue weighted by molar-refractivity contribution is 6.28. The van der Waals surface area contributed by atoms with E-state index >= 15 is 0 Å².